The average Bonchev–Trinajstić information content (AvgIpc) is 2.99. The van der Waals surface area contributed by atoms with Crippen LogP contribution < -0.4 is 4.74 Å². The average molecular weight is 367 g/mol. The second-order valence-corrected chi connectivity index (χ2v) is 7.80. The van der Waals surface area contributed by atoms with Crippen molar-refractivity contribution in [3.05, 3.63) is 59.9 Å². The van der Waals surface area contributed by atoms with E-state index in [2.05, 4.69) is 33.0 Å². The van der Waals surface area contributed by atoms with E-state index in [-0.39, 0.29) is 6.61 Å². The van der Waals surface area contributed by atoms with Crippen LogP contribution in [0.15, 0.2) is 48.8 Å². The Morgan fingerprint density at radius 3 is 2.67 bits per heavy atom. The molecule has 3 saturated heterocycles. The van der Waals surface area contributed by atoms with E-state index in [1.54, 1.807) is 0 Å². The summed E-state index contributed by atoms with van der Waals surface area (Å²) >= 11 is 0. The summed E-state index contributed by atoms with van der Waals surface area (Å²) in [6.07, 6.45) is 6.48. The van der Waals surface area contributed by atoms with E-state index in [0.29, 0.717) is 12.6 Å². The monoisotopic (exact) mass is 367 g/mol. The van der Waals surface area contributed by atoms with E-state index in [4.69, 9.17) is 9.84 Å². The van der Waals surface area contributed by atoms with Crippen molar-refractivity contribution in [3.63, 3.8) is 0 Å². The number of ether oxygens (including phenoxy) is 1. The molecule has 2 bridgehead atoms. The molecule has 3 fully saturated rings. The maximum Gasteiger partial charge on any atom is 0.119 e. The van der Waals surface area contributed by atoms with Crippen LogP contribution in [0.3, 0.4) is 0 Å². The third-order valence-corrected chi connectivity index (χ3v) is 5.70. The topological polar surface area (TPSA) is 48.8 Å². The van der Waals surface area contributed by atoms with Crippen molar-refractivity contribution in [3.8, 4) is 5.75 Å². The zero-order chi connectivity index (χ0) is 18.5. The van der Waals surface area contributed by atoms with Gasteiger partial charge in [-0.2, -0.15) is 0 Å². The fourth-order valence-electron chi connectivity index (χ4n) is 4.44. The highest BCUT2D eigenvalue weighted by atomic mass is 16.5. The molecule has 0 saturated carbocycles. The summed E-state index contributed by atoms with van der Waals surface area (Å²) < 4.78 is 5.46. The number of nitrogens with zero attached hydrogens (tertiary/aromatic N) is 3. The molecule has 0 spiro atoms. The van der Waals surface area contributed by atoms with E-state index in [1.165, 1.54) is 37.1 Å². The summed E-state index contributed by atoms with van der Waals surface area (Å²) in [6, 6.07) is 13.2. The maximum absolute atomic E-state index is 8.86. The van der Waals surface area contributed by atoms with Gasteiger partial charge < -0.3 is 9.84 Å². The van der Waals surface area contributed by atoms with Gasteiger partial charge in [0.2, 0.25) is 0 Å². The number of hydrogen-bond acceptors (Lipinski definition) is 5. The molecule has 0 aliphatic carbocycles. The summed E-state index contributed by atoms with van der Waals surface area (Å²) in [7, 11) is 0. The summed E-state index contributed by atoms with van der Waals surface area (Å²) in [6.45, 7) is 5.93. The number of hydrogen-bond donors (Lipinski definition) is 1. The predicted molar refractivity (Wildman–Crippen MR) is 105 cm³/mol. The van der Waals surface area contributed by atoms with Crippen molar-refractivity contribution in [2.45, 2.75) is 32.0 Å². The first-order chi connectivity index (χ1) is 13.3. The maximum atomic E-state index is 8.86. The molecule has 5 nitrogen and oxygen atoms in total. The van der Waals surface area contributed by atoms with Crippen LogP contribution in [0.1, 0.15) is 24.0 Å². The molecule has 1 aromatic carbocycles. The van der Waals surface area contributed by atoms with E-state index >= 15 is 0 Å². The van der Waals surface area contributed by atoms with Crippen molar-refractivity contribution in [2.24, 2.45) is 5.92 Å². The van der Waals surface area contributed by atoms with Gasteiger partial charge in [0.05, 0.1) is 6.61 Å². The Balaban J connectivity index is 1.37. The lowest BCUT2D eigenvalue weighted by Crippen LogP contribution is -2.43. The minimum absolute atomic E-state index is 0.0497. The minimum atomic E-state index is 0.0497. The minimum Gasteiger partial charge on any atom is -0.491 e. The van der Waals surface area contributed by atoms with Crippen molar-refractivity contribution < 1.29 is 9.84 Å². The summed E-state index contributed by atoms with van der Waals surface area (Å²) in [4.78, 5) is 9.55. The molecular formula is C22H29N3O2. The number of benzene rings is 1. The molecule has 0 radical (unpaired) electrons. The molecule has 27 heavy (non-hydrogen) atoms. The molecular weight excluding hydrogens is 338 g/mol. The second-order valence-electron chi connectivity index (χ2n) is 7.80. The molecule has 1 N–H and O–H groups in total. The summed E-state index contributed by atoms with van der Waals surface area (Å²) in [5.41, 5.74) is 2.64. The van der Waals surface area contributed by atoms with Crippen LogP contribution in [-0.4, -0.2) is 58.8 Å². The number of piperidine rings is 1. The van der Waals surface area contributed by atoms with E-state index < -0.39 is 0 Å². The quantitative estimate of drug-likeness (QED) is 0.815. The lowest BCUT2D eigenvalue weighted by molar-refractivity contribution is 0.123. The van der Waals surface area contributed by atoms with Gasteiger partial charge in [-0.25, -0.2) is 0 Å². The van der Waals surface area contributed by atoms with Crippen LogP contribution in [0.2, 0.25) is 0 Å². The van der Waals surface area contributed by atoms with Crippen LogP contribution in [-0.2, 0) is 13.1 Å². The van der Waals surface area contributed by atoms with Crippen LogP contribution >= 0.6 is 0 Å². The van der Waals surface area contributed by atoms with Gasteiger partial charge in [-0.1, -0.05) is 18.2 Å². The number of aliphatic hydroxyl groups is 1. The largest absolute Gasteiger partial charge is 0.491 e. The van der Waals surface area contributed by atoms with Gasteiger partial charge in [-0.05, 0) is 48.1 Å². The molecule has 0 unspecified atom stereocenters. The number of pyridine rings is 1. The van der Waals surface area contributed by atoms with E-state index in [9.17, 15) is 0 Å². The summed E-state index contributed by atoms with van der Waals surface area (Å²) in [5.74, 6) is 1.58. The molecule has 2 aromatic rings. The van der Waals surface area contributed by atoms with Gasteiger partial charge in [-0.15, -0.1) is 0 Å². The van der Waals surface area contributed by atoms with Crippen LogP contribution in [0.25, 0.3) is 0 Å². The molecule has 3 aliphatic heterocycles. The molecule has 5 rings (SSSR count). The first kappa shape index (κ1) is 18.4. The first-order valence-corrected chi connectivity index (χ1v) is 9.98. The molecule has 2 atom stereocenters. The third-order valence-electron chi connectivity index (χ3n) is 5.70. The Kier molecular flexibility index (Phi) is 6.02. The van der Waals surface area contributed by atoms with Gasteiger partial charge in [-0.3, -0.25) is 14.8 Å². The molecule has 4 heterocycles. The fraction of sp³-hybridized carbons (Fsp3) is 0.500. The highest BCUT2D eigenvalue weighted by molar-refractivity contribution is 5.27. The Labute approximate surface area is 161 Å². The zero-order valence-corrected chi connectivity index (χ0v) is 15.8. The van der Waals surface area contributed by atoms with Crippen molar-refractivity contribution >= 4 is 0 Å². The molecule has 144 valence electrons. The predicted octanol–water partition coefficient (Wildman–Crippen LogP) is 2.55. The number of aromatic nitrogens is 1. The standard InChI is InChI=1S/C22H29N3O2/c26-10-11-27-22-7-4-18(5-8-22)15-25-16-20-3-6-21(25)17-24(14-20)13-19-2-1-9-23-12-19/h1-2,4-5,7-9,12,20-21,26H,3,6,10-11,13-17H2/t20-,21+/m0/s1. The van der Waals surface area contributed by atoms with Crippen LogP contribution in [0.4, 0.5) is 0 Å². The van der Waals surface area contributed by atoms with E-state index in [1.807, 2.05) is 30.6 Å². The van der Waals surface area contributed by atoms with Gasteiger partial charge in [0.25, 0.3) is 0 Å². The first-order valence-electron chi connectivity index (χ1n) is 9.98. The van der Waals surface area contributed by atoms with Crippen molar-refractivity contribution in [2.75, 3.05) is 32.8 Å². The molecule has 0 amide bonds. The van der Waals surface area contributed by atoms with Crippen LogP contribution in [0, 0.1) is 5.92 Å². The third kappa shape index (κ3) is 4.86. The Hall–Kier alpha value is -1.95. The van der Waals surface area contributed by atoms with Gasteiger partial charge in [0.1, 0.15) is 12.4 Å². The molecule has 5 heteroatoms. The SMILES string of the molecule is OCCOc1ccc(CN2C[C@H]3CC[C@@H]2CN(Cc2cccnc2)C3)cc1. The second kappa shape index (κ2) is 8.83. The van der Waals surface area contributed by atoms with Crippen molar-refractivity contribution in [1.29, 1.82) is 0 Å². The highest BCUT2D eigenvalue weighted by Crippen LogP contribution is 2.30. The lowest BCUT2D eigenvalue weighted by Gasteiger charge is -2.36. The van der Waals surface area contributed by atoms with Crippen LogP contribution in [0.5, 0.6) is 5.75 Å². The molecule has 1 aromatic heterocycles. The number of rotatable bonds is 7. The number of aliphatic hydroxyl groups excluding tert-OH is 1. The number of fused-ring (bicyclic) bond motifs is 4. The molecule has 3 aliphatic rings. The van der Waals surface area contributed by atoms with E-state index in [0.717, 1.165) is 31.3 Å². The zero-order valence-electron chi connectivity index (χ0n) is 15.8. The normalized spacial score (nSPS) is 23.3. The highest BCUT2D eigenvalue weighted by Gasteiger charge is 2.34. The van der Waals surface area contributed by atoms with Gasteiger partial charge in [0.15, 0.2) is 0 Å². The summed E-state index contributed by atoms with van der Waals surface area (Å²) in [5, 5.41) is 8.86. The van der Waals surface area contributed by atoms with Gasteiger partial charge in [0, 0.05) is 51.2 Å². The Morgan fingerprint density at radius 1 is 1.00 bits per heavy atom. The van der Waals surface area contributed by atoms with Gasteiger partial charge >= 0.3 is 0 Å². The van der Waals surface area contributed by atoms with Crippen molar-refractivity contribution in [1.82, 2.24) is 14.8 Å². The lowest BCUT2D eigenvalue weighted by atomic mass is 9.94. The fourth-order valence-corrected chi connectivity index (χ4v) is 4.44. The Morgan fingerprint density at radius 2 is 1.89 bits per heavy atom. The smallest absolute Gasteiger partial charge is 0.119 e. The Bertz CT molecular complexity index is 707.